The van der Waals surface area contributed by atoms with Crippen LogP contribution in [0.2, 0.25) is 0 Å². The maximum absolute atomic E-state index is 12.2. The SMILES string of the molecule is COc1cccc(O)c1C(=O)NN1CCN(C)CC1. The molecule has 0 aromatic heterocycles. The Balaban J connectivity index is 2.08. The fraction of sp³-hybridized carbons (Fsp3) is 0.462. The summed E-state index contributed by atoms with van der Waals surface area (Å²) >= 11 is 0. The molecule has 0 radical (unpaired) electrons. The molecule has 0 aliphatic carbocycles. The summed E-state index contributed by atoms with van der Waals surface area (Å²) in [7, 11) is 3.52. The molecular formula is C13H19N3O3. The molecule has 1 aliphatic heterocycles. The number of hydrazine groups is 1. The molecular weight excluding hydrogens is 246 g/mol. The van der Waals surface area contributed by atoms with Gasteiger partial charge in [0.25, 0.3) is 5.91 Å². The topological polar surface area (TPSA) is 65.0 Å². The van der Waals surface area contributed by atoms with E-state index in [1.807, 2.05) is 12.1 Å². The molecule has 104 valence electrons. The van der Waals surface area contributed by atoms with Gasteiger partial charge in [0, 0.05) is 26.2 Å². The van der Waals surface area contributed by atoms with E-state index in [1.165, 1.54) is 13.2 Å². The van der Waals surface area contributed by atoms with Gasteiger partial charge in [0.2, 0.25) is 0 Å². The van der Waals surface area contributed by atoms with Crippen LogP contribution in [0.4, 0.5) is 0 Å². The smallest absolute Gasteiger partial charge is 0.273 e. The summed E-state index contributed by atoms with van der Waals surface area (Å²) in [6.07, 6.45) is 0. The maximum atomic E-state index is 12.2. The van der Waals surface area contributed by atoms with Crippen molar-refractivity contribution in [1.29, 1.82) is 0 Å². The molecule has 0 saturated carbocycles. The number of likely N-dealkylation sites (N-methyl/N-ethyl adjacent to an activating group) is 1. The molecule has 0 spiro atoms. The van der Waals surface area contributed by atoms with Gasteiger partial charge in [0.05, 0.1) is 7.11 Å². The van der Waals surface area contributed by atoms with Crippen LogP contribution < -0.4 is 10.2 Å². The predicted molar refractivity (Wildman–Crippen MR) is 71.2 cm³/mol. The quantitative estimate of drug-likeness (QED) is 0.822. The molecule has 0 atom stereocenters. The van der Waals surface area contributed by atoms with Gasteiger partial charge >= 0.3 is 0 Å². The number of ether oxygens (including phenoxy) is 1. The highest BCUT2D eigenvalue weighted by molar-refractivity contribution is 5.99. The number of carbonyl (C=O) groups excluding carboxylic acids is 1. The number of methoxy groups -OCH3 is 1. The summed E-state index contributed by atoms with van der Waals surface area (Å²) in [5, 5.41) is 11.7. The Morgan fingerprint density at radius 3 is 2.63 bits per heavy atom. The number of phenolic OH excluding ortho intramolecular Hbond substituents is 1. The summed E-state index contributed by atoms with van der Waals surface area (Å²) in [4.78, 5) is 14.4. The molecule has 0 bridgehead atoms. The first-order valence-electron chi connectivity index (χ1n) is 6.22. The van der Waals surface area contributed by atoms with Gasteiger partial charge < -0.3 is 14.7 Å². The second-order valence-electron chi connectivity index (χ2n) is 4.59. The Bertz CT molecular complexity index is 456. The van der Waals surface area contributed by atoms with Gasteiger partial charge in [0.15, 0.2) is 0 Å². The predicted octanol–water partition coefficient (Wildman–Crippen LogP) is 0.293. The standard InChI is InChI=1S/C13H19N3O3/c1-15-6-8-16(9-7-15)14-13(18)12-10(17)4-3-5-11(12)19-2/h3-5,17H,6-9H2,1-2H3,(H,14,18). The molecule has 1 aromatic rings. The minimum absolute atomic E-state index is 0.0778. The zero-order valence-electron chi connectivity index (χ0n) is 11.2. The molecule has 19 heavy (non-hydrogen) atoms. The molecule has 1 saturated heterocycles. The van der Waals surface area contributed by atoms with Crippen molar-refractivity contribution in [2.24, 2.45) is 0 Å². The lowest BCUT2D eigenvalue weighted by atomic mass is 10.1. The van der Waals surface area contributed by atoms with Crippen molar-refractivity contribution in [1.82, 2.24) is 15.3 Å². The van der Waals surface area contributed by atoms with E-state index in [2.05, 4.69) is 10.3 Å². The van der Waals surface area contributed by atoms with Crippen LogP contribution in [0.3, 0.4) is 0 Å². The van der Waals surface area contributed by atoms with Crippen molar-refractivity contribution < 1.29 is 14.6 Å². The number of phenols is 1. The summed E-state index contributed by atoms with van der Waals surface area (Å²) in [5.74, 6) is -0.0582. The van der Waals surface area contributed by atoms with E-state index in [0.717, 1.165) is 26.2 Å². The summed E-state index contributed by atoms with van der Waals surface area (Å²) in [6.45, 7) is 3.33. The fourth-order valence-electron chi connectivity index (χ4n) is 2.04. The zero-order valence-corrected chi connectivity index (χ0v) is 11.2. The number of hydrogen-bond acceptors (Lipinski definition) is 5. The number of aromatic hydroxyl groups is 1. The van der Waals surface area contributed by atoms with Gasteiger partial charge in [-0.05, 0) is 19.2 Å². The zero-order chi connectivity index (χ0) is 13.8. The van der Waals surface area contributed by atoms with Gasteiger partial charge in [-0.25, -0.2) is 5.01 Å². The molecule has 6 nitrogen and oxygen atoms in total. The van der Waals surface area contributed by atoms with Crippen molar-refractivity contribution in [2.75, 3.05) is 40.3 Å². The molecule has 1 fully saturated rings. The highest BCUT2D eigenvalue weighted by Crippen LogP contribution is 2.26. The minimum Gasteiger partial charge on any atom is -0.507 e. The molecule has 0 unspecified atom stereocenters. The van der Waals surface area contributed by atoms with Crippen LogP contribution in [0.25, 0.3) is 0 Å². The number of nitrogens with zero attached hydrogens (tertiary/aromatic N) is 2. The lowest BCUT2D eigenvalue weighted by Gasteiger charge is -2.32. The largest absolute Gasteiger partial charge is 0.507 e. The van der Waals surface area contributed by atoms with Crippen LogP contribution in [-0.4, -0.2) is 61.3 Å². The van der Waals surface area contributed by atoms with Crippen molar-refractivity contribution in [3.05, 3.63) is 23.8 Å². The summed E-state index contributed by atoms with van der Waals surface area (Å²) in [6, 6.07) is 4.76. The van der Waals surface area contributed by atoms with Crippen LogP contribution >= 0.6 is 0 Å². The van der Waals surface area contributed by atoms with E-state index in [0.29, 0.717) is 5.75 Å². The van der Waals surface area contributed by atoms with E-state index in [-0.39, 0.29) is 17.2 Å². The normalized spacial score (nSPS) is 17.2. The van der Waals surface area contributed by atoms with Gasteiger partial charge in [0.1, 0.15) is 17.1 Å². The first kappa shape index (κ1) is 13.6. The van der Waals surface area contributed by atoms with Crippen LogP contribution in [0.5, 0.6) is 11.5 Å². The average molecular weight is 265 g/mol. The third-order valence-corrected chi connectivity index (χ3v) is 3.21. The van der Waals surface area contributed by atoms with Gasteiger partial charge in [-0.15, -0.1) is 0 Å². The van der Waals surface area contributed by atoms with E-state index in [1.54, 1.807) is 12.1 Å². The van der Waals surface area contributed by atoms with E-state index in [4.69, 9.17) is 4.74 Å². The molecule has 1 heterocycles. The highest BCUT2D eigenvalue weighted by atomic mass is 16.5. The van der Waals surface area contributed by atoms with Crippen molar-refractivity contribution in [2.45, 2.75) is 0 Å². The molecule has 2 N–H and O–H groups in total. The Labute approximate surface area is 112 Å². The number of hydrogen-bond donors (Lipinski definition) is 2. The Morgan fingerprint density at radius 2 is 2.00 bits per heavy atom. The van der Waals surface area contributed by atoms with Crippen LogP contribution in [0.1, 0.15) is 10.4 Å². The first-order valence-corrected chi connectivity index (χ1v) is 6.22. The number of benzene rings is 1. The number of piperazine rings is 1. The van der Waals surface area contributed by atoms with E-state index < -0.39 is 0 Å². The first-order chi connectivity index (χ1) is 9.11. The lowest BCUT2D eigenvalue weighted by molar-refractivity contribution is 0.0657. The van der Waals surface area contributed by atoms with Crippen molar-refractivity contribution in [3.63, 3.8) is 0 Å². The Hall–Kier alpha value is -1.79. The van der Waals surface area contributed by atoms with Crippen molar-refractivity contribution >= 4 is 5.91 Å². The average Bonchev–Trinajstić information content (AvgIpc) is 2.40. The van der Waals surface area contributed by atoms with E-state index in [9.17, 15) is 9.90 Å². The Morgan fingerprint density at radius 1 is 1.32 bits per heavy atom. The number of rotatable bonds is 3. The monoisotopic (exact) mass is 265 g/mol. The van der Waals surface area contributed by atoms with Gasteiger partial charge in [-0.2, -0.15) is 0 Å². The third kappa shape index (κ3) is 3.15. The van der Waals surface area contributed by atoms with Crippen LogP contribution in [-0.2, 0) is 0 Å². The number of nitrogens with one attached hydrogen (secondary N) is 1. The van der Waals surface area contributed by atoms with Crippen LogP contribution in [0.15, 0.2) is 18.2 Å². The number of carbonyl (C=O) groups is 1. The lowest BCUT2D eigenvalue weighted by Crippen LogP contribution is -2.52. The van der Waals surface area contributed by atoms with Gasteiger partial charge in [-0.1, -0.05) is 6.07 Å². The molecule has 6 heteroatoms. The summed E-state index contributed by atoms with van der Waals surface area (Å²) in [5.41, 5.74) is 2.97. The van der Waals surface area contributed by atoms with Gasteiger partial charge in [-0.3, -0.25) is 10.2 Å². The highest BCUT2D eigenvalue weighted by Gasteiger charge is 2.21. The number of amides is 1. The Kier molecular flexibility index (Phi) is 4.24. The maximum Gasteiger partial charge on any atom is 0.273 e. The second-order valence-corrected chi connectivity index (χ2v) is 4.59. The van der Waals surface area contributed by atoms with E-state index >= 15 is 0 Å². The molecule has 1 amide bonds. The molecule has 1 aromatic carbocycles. The minimum atomic E-state index is -0.348. The third-order valence-electron chi connectivity index (χ3n) is 3.21. The molecule has 2 rings (SSSR count). The molecule has 1 aliphatic rings. The second kappa shape index (κ2) is 5.90. The van der Waals surface area contributed by atoms with Crippen molar-refractivity contribution in [3.8, 4) is 11.5 Å². The fourth-order valence-corrected chi connectivity index (χ4v) is 2.04. The summed E-state index contributed by atoms with van der Waals surface area (Å²) < 4.78 is 5.11. The van der Waals surface area contributed by atoms with Crippen LogP contribution in [0, 0.1) is 0 Å².